The Labute approximate surface area is 120 Å². The van der Waals surface area contributed by atoms with Crippen molar-refractivity contribution in [3.05, 3.63) is 46.5 Å². The smallest absolute Gasteiger partial charge is 0.356 e. The van der Waals surface area contributed by atoms with Gasteiger partial charge in [0.25, 0.3) is 0 Å². The lowest BCUT2D eigenvalue weighted by atomic mass is 10.1. The van der Waals surface area contributed by atoms with Crippen LogP contribution in [0.15, 0.2) is 30.3 Å². The number of hydrogen-bond donors (Lipinski definition) is 2. The molecular formula is C14H14N2O3S. The Morgan fingerprint density at radius 3 is 2.55 bits per heavy atom. The van der Waals surface area contributed by atoms with Gasteiger partial charge in [0.15, 0.2) is 16.6 Å². The lowest BCUT2D eigenvalue weighted by molar-refractivity contribution is 0.0687. The number of thiazole rings is 1. The van der Waals surface area contributed by atoms with Crippen LogP contribution in [0.5, 0.6) is 0 Å². The van der Waals surface area contributed by atoms with Gasteiger partial charge in [-0.2, -0.15) is 0 Å². The molecule has 0 aliphatic rings. The maximum Gasteiger partial charge on any atom is 0.356 e. The first kappa shape index (κ1) is 14.2. The number of anilines is 1. The summed E-state index contributed by atoms with van der Waals surface area (Å²) in [6.45, 7) is 1.97. The molecule has 104 valence electrons. The minimum atomic E-state index is -1.18. The number of carbonyl (C=O) groups excluding carboxylic acids is 1. The molecule has 2 N–H and O–H groups in total. The second-order valence-corrected chi connectivity index (χ2v) is 5.22. The normalized spacial score (nSPS) is 10.2. The summed E-state index contributed by atoms with van der Waals surface area (Å²) >= 11 is 1.08. The van der Waals surface area contributed by atoms with E-state index < -0.39 is 5.97 Å². The number of carboxylic acids is 1. The molecule has 1 aromatic carbocycles. The number of nitrogens with one attached hydrogen (secondary N) is 1. The zero-order valence-electron chi connectivity index (χ0n) is 10.9. The quantitative estimate of drug-likeness (QED) is 0.800. The van der Waals surface area contributed by atoms with Gasteiger partial charge in [0.05, 0.1) is 0 Å². The van der Waals surface area contributed by atoms with E-state index in [0.717, 1.165) is 17.8 Å². The summed E-state index contributed by atoms with van der Waals surface area (Å²) in [6, 6.07) is 9.93. The Bertz CT molecular complexity index is 591. The Morgan fingerprint density at radius 2 is 2.00 bits per heavy atom. The fourth-order valence-electron chi connectivity index (χ4n) is 1.74. The van der Waals surface area contributed by atoms with E-state index in [9.17, 15) is 9.59 Å². The molecule has 0 unspecified atom stereocenters. The zero-order chi connectivity index (χ0) is 14.5. The van der Waals surface area contributed by atoms with Crippen molar-refractivity contribution in [2.75, 3.05) is 11.9 Å². The highest BCUT2D eigenvalue weighted by Gasteiger charge is 2.20. The lowest BCUT2D eigenvalue weighted by Gasteiger charge is -2.02. The average molecular weight is 290 g/mol. The molecule has 1 heterocycles. The van der Waals surface area contributed by atoms with Gasteiger partial charge in [-0.05, 0) is 12.0 Å². The maximum absolute atomic E-state index is 11.4. The third-order valence-corrected chi connectivity index (χ3v) is 3.80. The number of carboxylic acid groups (broad SMARTS) is 1. The molecule has 0 fully saturated rings. The first-order chi connectivity index (χ1) is 9.58. The van der Waals surface area contributed by atoms with Crippen molar-refractivity contribution in [1.82, 2.24) is 4.98 Å². The number of ketones is 1. The molecule has 20 heavy (non-hydrogen) atoms. The Balaban J connectivity index is 2.01. The molecule has 0 spiro atoms. The summed E-state index contributed by atoms with van der Waals surface area (Å²) in [7, 11) is 0. The van der Waals surface area contributed by atoms with Gasteiger partial charge < -0.3 is 10.4 Å². The van der Waals surface area contributed by atoms with E-state index in [1.807, 2.05) is 30.3 Å². The van der Waals surface area contributed by atoms with E-state index in [1.54, 1.807) is 0 Å². The van der Waals surface area contributed by atoms with E-state index in [-0.39, 0.29) is 16.4 Å². The Hall–Kier alpha value is -2.21. The van der Waals surface area contributed by atoms with Crippen molar-refractivity contribution in [2.24, 2.45) is 0 Å². The van der Waals surface area contributed by atoms with Crippen molar-refractivity contribution >= 4 is 28.2 Å². The van der Waals surface area contributed by atoms with Crippen molar-refractivity contribution in [2.45, 2.75) is 13.3 Å². The Kier molecular flexibility index (Phi) is 4.47. The van der Waals surface area contributed by atoms with Crippen LogP contribution in [-0.2, 0) is 6.42 Å². The van der Waals surface area contributed by atoms with Crippen LogP contribution in [-0.4, -0.2) is 28.4 Å². The molecule has 6 heteroatoms. The standard InChI is InChI=1S/C14H14N2O3S/c1-9(17)12-11(13(18)19)16-14(20-12)15-8-7-10-5-3-2-4-6-10/h2-6H,7-8H2,1H3,(H,15,16)(H,18,19). The Morgan fingerprint density at radius 1 is 1.30 bits per heavy atom. The number of rotatable bonds is 6. The molecule has 2 aromatic rings. The highest BCUT2D eigenvalue weighted by molar-refractivity contribution is 7.17. The van der Waals surface area contributed by atoms with Gasteiger partial charge in [0.2, 0.25) is 0 Å². The number of carbonyl (C=O) groups is 2. The number of nitrogens with zero attached hydrogens (tertiary/aromatic N) is 1. The van der Waals surface area contributed by atoms with Gasteiger partial charge in [-0.15, -0.1) is 0 Å². The first-order valence-corrected chi connectivity index (χ1v) is 6.92. The number of hydrogen-bond acceptors (Lipinski definition) is 5. The molecule has 0 aliphatic carbocycles. The fraction of sp³-hybridized carbons (Fsp3) is 0.214. The molecule has 1 aromatic heterocycles. The van der Waals surface area contributed by atoms with Crippen LogP contribution in [0.25, 0.3) is 0 Å². The fourth-order valence-corrected chi connectivity index (χ4v) is 2.62. The summed E-state index contributed by atoms with van der Waals surface area (Å²) in [5.74, 6) is -1.46. The van der Waals surface area contributed by atoms with Crippen LogP contribution in [0, 0.1) is 0 Å². The number of benzene rings is 1. The van der Waals surface area contributed by atoms with Gasteiger partial charge in [-0.3, -0.25) is 4.79 Å². The summed E-state index contributed by atoms with van der Waals surface area (Å²) in [5, 5.41) is 12.5. The van der Waals surface area contributed by atoms with E-state index in [0.29, 0.717) is 11.7 Å². The van der Waals surface area contributed by atoms with Gasteiger partial charge >= 0.3 is 5.97 Å². The predicted molar refractivity (Wildman–Crippen MR) is 77.7 cm³/mol. The van der Waals surface area contributed by atoms with Crippen LogP contribution >= 0.6 is 11.3 Å². The zero-order valence-corrected chi connectivity index (χ0v) is 11.7. The summed E-state index contributed by atoms with van der Waals surface area (Å²) in [6.07, 6.45) is 0.804. The largest absolute Gasteiger partial charge is 0.476 e. The van der Waals surface area contributed by atoms with Gasteiger partial charge in [-0.1, -0.05) is 41.7 Å². The van der Waals surface area contributed by atoms with Crippen LogP contribution in [0.4, 0.5) is 5.13 Å². The van der Waals surface area contributed by atoms with Crippen molar-refractivity contribution in [1.29, 1.82) is 0 Å². The molecule has 0 bridgehead atoms. The van der Waals surface area contributed by atoms with Crippen molar-refractivity contribution in [3.63, 3.8) is 0 Å². The highest BCUT2D eigenvalue weighted by Crippen LogP contribution is 2.23. The predicted octanol–water partition coefficient (Wildman–Crippen LogP) is 2.70. The van der Waals surface area contributed by atoms with Crippen LogP contribution in [0.3, 0.4) is 0 Å². The van der Waals surface area contributed by atoms with Crippen molar-refractivity contribution in [3.8, 4) is 0 Å². The monoisotopic (exact) mass is 290 g/mol. The molecule has 0 radical (unpaired) electrons. The van der Waals surface area contributed by atoms with E-state index in [4.69, 9.17) is 5.11 Å². The first-order valence-electron chi connectivity index (χ1n) is 6.11. The lowest BCUT2D eigenvalue weighted by Crippen LogP contribution is -2.06. The molecule has 0 amide bonds. The second-order valence-electron chi connectivity index (χ2n) is 4.22. The third-order valence-electron chi connectivity index (χ3n) is 2.68. The molecule has 0 saturated heterocycles. The minimum absolute atomic E-state index is 0.176. The summed E-state index contributed by atoms with van der Waals surface area (Å²) in [4.78, 5) is 26.5. The summed E-state index contributed by atoms with van der Waals surface area (Å²) in [5.41, 5.74) is 1.01. The van der Waals surface area contributed by atoms with Gasteiger partial charge in [0.1, 0.15) is 4.88 Å². The minimum Gasteiger partial charge on any atom is -0.476 e. The van der Waals surface area contributed by atoms with E-state index >= 15 is 0 Å². The molecular weight excluding hydrogens is 276 g/mol. The van der Waals surface area contributed by atoms with Crippen LogP contribution in [0.2, 0.25) is 0 Å². The highest BCUT2D eigenvalue weighted by atomic mass is 32.1. The van der Waals surface area contributed by atoms with E-state index in [2.05, 4.69) is 10.3 Å². The SMILES string of the molecule is CC(=O)c1sc(NCCc2ccccc2)nc1C(=O)O. The average Bonchev–Trinajstić information content (AvgIpc) is 2.85. The topological polar surface area (TPSA) is 79.3 Å². The van der Waals surface area contributed by atoms with Gasteiger partial charge in [0, 0.05) is 13.5 Å². The third kappa shape index (κ3) is 3.42. The van der Waals surface area contributed by atoms with E-state index in [1.165, 1.54) is 12.5 Å². The van der Waals surface area contributed by atoms with Crippen LogP contribution < -0.4 is 5.32 Å². The molecule has 2 rings (SSSR count). The number of aromatic nitrogens is 1. The van der Waals surface area contributed by atoms with Crippen molar-refractivity contribution < 1.29 is 14.7 Å². The van der Waals surface area contributed by atoms with Crippen LogP contribution in [0.1, 0.15) is 32.6 Å². The molecule has 5 nitrogen and oxygen atoms in total. The second kappa shape index (κ2) is 6.29. The number of aromatic carboxylic acids is 1. The number of Topliss-reactive ketones (excluding diaryl/α,β-unsaturated/α-hetero) is 1. The molecule has 0 atom stereocenters. The molecule has 0 saturated carbocycles. The van der Waals surface area contributed by atoms with Gasteiger partial charge in [-0.25, -0.2) is 9.78 Å². The summed E-state index contributed by atoms with van der Waals surface area (Å²) < 4.78 is 0. The maximum atomic E-state index is 11.4. The molecule has 0 aliphatic heterocycles.